The lowest BCUT2D eigenvalue weighted by Gasteiger charge is -2.41. The monoisotopic (exact) mass is 778 g/mol. The number of rotatable bonds is 34. The van der Waals surface area contributed by atoms with Gasteiger partial charge in [0.05, 0.1) is 25.4 Å². The summed E-state index contributed by atoms with van der Waals surface area (Å²) in [5.41, 5.74) is 0. The molecule has 0 aromatic carbocycles. The predicted octanol–water partition coefficient (Wildman–Crippen LogP) is 6.99. The second kappa shape index (κ2) is 31.7. The first kappa shape index (κ1) is 49.6. The maximum absolute atomic E-state index is 12.9. The second-order valence-corrected chi connectivity index (χ2v) is 15.6. The molecule has 13 heteroatoms. The topological polar surface area (TPSA) is 192 Å². The smallest absolute Gasteiger partial charge is 0.394 e. The number of aliphatic hydroxyl groups is 4. The molecule has 0 aromatic heterocycles. The lowest BCUT2D eigenvalue weighted by atomic mass is 9.99. The molecular formula is C40H75NO11S. The van der Waals surface area contributed by atoms with Crippen LogP contribution in [0.3, 0.4) is 0 Å². The zero-order valence-corrected chi connectivity index (χ0v) is 33.6. The van der Waals surface area contributed by atoms with Crippen LogP contribution >= 0.6 is 0 Å². The second-order valence-electron chi connectivity index (χ2n) is 14.6. The number of unbranched alkanes of at least 4 members (excludes halogenated alkanes) is 18. The minimum absolute atomic E-state index is 0.186. The van der Waals surface area contributed by atoms with Crippen molar-refractivity contribution < 1.29 is 51.8 Å². The molecule has 1 saturated heterocycles. The van der Waals surface area contributed by atoms with Crippen LogP contribution in [0.15, 0.2) is 24.3 Å². The molecule has 1 amide bonds. The predicted molar refractivity (Wildman–Crippen MR) is 209 cm³/mol. The van der Waals surface area contributed by atoms with Gasteiger partial charge < -0.3 is 35.2 Å². The molecule has 0 spiro atoms. The summed E-state index contributed by atoms with van der Waals surface area (Å²) in [6, 6.07) is -0.884. The Bertz CT molecular complexity index is 1060. The standard InChI is InChI=1S/C40H75NO11S/c1-3-5-7-9-11-13-15-17-19-21-23-25-27-29-34(43)33(32-50-40-38(46)39(52-53(47,48)49)37(45)35(31-42)51-40)41-36(44)30-28-26-24-22-20-18-16-14-12-10-8-6-4-2/h18,20,24,26,33-35,37-40,42-43,45-46H,3-17,19,21-23,25,27-32H2,1-2H3,(H,41,44)(H,47,48,49)/b20-18-,26-24-. The molecule has 7 atom stereocenters. The third-order valence-corrected chi connectivity index (χ3v) is 10.2. The molecule has 53 heavy (non-hydrogen) atoms. The molecule has 6 N–H and O–H groups in total. The molecular weight excluding hydrogens is 703 g/mol. The van der Waals surface area contributed by atoms with E-state index in [4.69, 9.17) is 14.0 Å². The van der Waals surface area contributed by atoms with Gasteiger partial charge in [0.2, 0.25) is 5.91 Å². The Hall–Kier alpha value is -1.42. The van der Waals surface area contributed by atoms with Crippen molar-refractivity contribution in [2.75, 3.05) is 13.2 Å². The van der Waals surface area contributed by atoms with Gasteiger partial charge in [0.25, 0.3) is 0 Å². The van der Waals surface area contributed by atoms with Crippen molar-refractivity contribution in [2.45, 2.75) is 211 Å². The summed E-state index contributed by atoms with van der Waals surface area (Å²) in [5.74, 6) is -0.298. The summed E-state index contributed by atoms with van der Waals surface area (Å²) in [7, 11) is -5.08. The largest absolute Gasteiger partial charge is 0.397 e. The van der Waals surface area contributed by atoms with Crippen LogP contribution in [0.5, 0.6) is 0 Å². The van der Waals surface area contributed by atoms with Gasteiger partial charge in [-0.1, -0.05) is 154 Å². The normalized spacial score (nSPS) is 22.1. The van der Waals surface area contributed by atoms with Crippen LogP contribution in [-0.2, 0) is 28.9 Å². The van der Waals surface area contributed by atoms with E-state index in [1.165, 1.54) is 96.3 Å². The Morgan fingerprint density at radius 2 is 1.26 bits per heavy atom. The van der Waals surface area contributed by atoms with E-state index < -0.39 is 59.9 Å². The number of amides is 1. The third-order valence-electron chi connectivity index (χ3n) is 9.78. The molecule has 7 unspecified atom stereocenters. The number of ether oxygens (including phenoxy) is 2. The van der Waals surface area contributed by atoms with E-state index in [1.54, 1.807) is 0 Å². The van der Waals surface area contributed by atoms with Crippen molar-refractivity contribution in [1.82, 2.24) is 5.32 Å². The fourth-order valence-electron chi connectivity index (χ4n) is 6.51. The van der Waals surface area contributed by atoms with Gasteiger partial charge in [0.1, 0.15) is 24.4 Å². The average Bonchev–Trinajstić information content (AvgIpc) is 3.12. The summed E-state index contributed by atoms with van der Waals surface area (Å²) >= 11 is 0. The van der Waals surface area contributed by atoms with E-state index in [2.05, 4.69) is 35.5 Å². The number of allylic oxidation sites excluding steroid dienone is 4. The van der Waals surface area contributed by atoms with Gasteiger partial charge >= 0.3 is 10.4 Å². The van der Waals surface area contributed by atoms with Crippen LogP contribution < -0.4 is 5.32 Å². The highest BCUT2D eigenvalue weighted by atomic mass is 32.3. The van der Waals surface area contributed by atoms with Crippen molar-refractivity contribution in [3.05, 3.63) is 24.3 Å². The lowest BCUT2D eigenvalue weighted by Crippen LogP contribution is -2.61. The summed E-state index contributed by atoms with van der Waals surface area (Å²) < 4.78 is 47.4. The maximum atomic E-state index is 12.9. The van der Waals surface area contributed by atoms with E-state index in [-0.39, 0.29) is 18.9 Å². The Balaban J connectivity index is 2.62. The number of carbonyl (C=O) groups excluding carboxylic acids is 1. The van der Waals surface area contributed by atoms with Crippen LogP contribution in [0.25, 0.3) is 0 Å². The summed E-state index contributed by atoms with van der Waals surface area (Å²) in [5, 5.41) is 44.6. The van der Waals surface area contributed by atoms with E-state index in [0.29, 0.717) is 12.8 Å². The zero-order valence-electron chi connectivity index (χ0n) is 32.8. The number of aliphatic hydroxyl groups excluding tert-OH is 4. The quantitative estimate of drug-likeness (QED) is 0.0224. The van der Waals surface area contributed by atoms with Crippen molar-refractivity contribution >= 4 is 16.3 Å². The molecule has 0 bridgehead atoms. The molecule has 0 saturated carbocycles. The number of carbonyl (C=O) groups is 1. The summed E-state index contributed by atoms with van der Waals surface area (Å²) in [4.78, 5) is 12.9. The first-order chi connectivity index (χ1) is 25.5. The number of nitrogens with one attached hydrogen (secondary N) is 1. The summed E-state index contributed by atoms with van der Waals surface area (Å²) in [6.07, 6.45) is 24.9. The van der Waals surface area contributed by atoms with Gasteiger partial charge in [0, 0.05) is 6.42 Å². The van der Waals surface area contributed by atoms with Gasteiger partial charge in [-0.15, -0.1) is 0 Å². The zero-order chi connectivity index (χ0) is 39.2. The molecule has 0 radical (unpaired) electrons. The average molecular weight is 778 g/mol. The molecule has 0 aliphatic carbocycles. The fourth-order valence-corrected chi connectivity index (χ4v) is 7.02. The van der Waals surface area contributed by atoms with Crippen LogP contribution in [0.4, 0.5) is 0 Å². The van der Waals surface area contributed by atoms with Crippen molar-refractivity contribution in [3.63, 3.8) is 0 Å². The Morgan fingerprint density at radius 1 is 0.755 bits per heavy atom. The first-order valence-electron chi connectivity index (χ1n) is 20.7. The fraction of sp³-hybridized carbons (Fsp3) is 0.875. The molecule has 1 aliphatic heterocycles. The van der Waals surface area contributed by atoms with Crippen molar-refractivity contribution in [3.8, 4) is 0 Å². The van der Waals surface area contributed by atoms with Crippen LogP contribution in [-0.4, -0.2) is 95.4 Å². The number of hydrogen-bond acceptors (Lipinski definition) is 10. The minimum Gasteiger partial charge on any atom is -0.394 e. The van der Waals surface area contributed by atoms with Crippen LogP contribution in [0.1, 0.15) is 168 Å². The highest BCUT2D eigenvalue weighted by molar-refractivity contribution is 7.80. The molecule has 12 nitrogen and oxygen atoms in total. The van der Waals surface area contributed by atoms with E-state index >= 15 is 0 Å². The minimum atomic E-state index is -5.08. The number of hydrogen-bond donors (Lipinski definition) is 6. The molecule has 1 aliphatic rings. The van der Waals surface area contributed by atoms with Gasteiger partial charge in [-0.25, -0.2) is 4.18 Å². The van der Waals surface area contributed by atoms with E-state index in [9.17, 15) is 33.6 Å². The highest BCUT2D eigenvalue weighted by Gasteiger charge is 2.48. The van der Waals surface area contributed by atoms with E-state index in [0.717, 1.165) is 38.5 Å². The summed E-state index contributed by atoms with van der Waals surface area (Å²) in [6.45, 7) is 3.37. The highest BCUT2D eigenvalue weighted by Crippen LogP contribution is 2.26. The van der Waals surface area contributed by atoms with Crippen LogP contribution in [0.2, 0.25) is 0 Å². The Morgan fingerprint density at radius 3 is 1.79 bits per heavy atom. The maximum Gasteiger partial charge on any atom is 0.397 e. The van der Waals surface area contributed by atoms with Gasteiger partial charge in [-0.2, -0.15) is 8.42 Å². The third kappa shape index (κ3) is 25.4. The SMILES string of the molecule is CCCCCCCC/C=C\C/C=C\CCC(=O)NC(COC1OC(CO)C(O)C(OS(=O)(=O)O)C1O)C(O)CCCCCCCCCCCCCCC. The molecule has 312 valence electrons. The molecule has 0 aromatic rings. The van der Waals surface area contributed by atoms with Gasteiger partial charge in [-0.05, 0) is 32.1 Å². The Kier molecular flexibility index (Phi) is 29.7. The van der Waals surface area contributed by atoms with Gasteiger partial charge in [0.15, 0.2) is 6.29 Å². The van der Waals surface area contributed by atoms with Crippen LogP contribution in [0, 0.1) is 0 Å². The Labute approximate surface area is 321 Å². The molecule has 1 fully saturated rings. The molecule has 1 rings (SSSR count). The molecule has 1 heterocycles. The van der Waals surface area contributed by atoms with Gasteiger partial charge in [-0.3, -0.25) is 9.35 Å². The van der Waals surface area contributed by atoms with Crippen molar-refractivity contribution in [1.29, 1.82) is 0 Å². The van der Waals surface area contributed by atoms with Crippen molar-refractivity contribution in [2.24, 2.45) is 0 Å². The lowest BCUT2D eigenvalue weighted by molar-refractivity contribution is -0.298. The first-order valence-corrected chi connectivity index (χ1v) is 22.1. The van der Waals surface area contributed by atoms with E-state index in [1.807, 2.05) is 12.2 Å².